The Labute approximate surface area is 79.3 Å². The number of rotatable bonds is 2. The average Bonchev–Trinajstić information content (AvgIpc) is 2.29. The van der Waals surface area contributed by atoms with Crippen LogP contribution in [0.2, 0.25) is 5.15 Å². The number of halogens is 1. The molecule has 0 radical (unpaired) electrons. The van der Waals surface area contributed by atoms with Gasteiger partial charge in [-0.1, -0.05) is 11.6 Å². The third-order valence-corrected chi connectivity index (χ3v) is 4.31. The molecule has 1 aromatic rings. The Morgan fingerprint density at radius 3 is 2.50 bits per heavy atom. The van der Waals surface area contributed by atoms with E-state index < -0.39 is 9.84 Å². The Morgan fingerprint density at radius 1 is 1.67 bits per heavy atom. The van der Waals surface area contributed by atoms with Crippen molar-refractivity contribution in [2.75, 3.05) is 6.26 Å². The van der Waals surface area contributed by atoms with Crippen molar-refractivity contribution in [2.45, 2.75) is 10.9 Å². The molecule has 0 atom stereocenters. The molecule has 0 saturated heterocycles. The van der Waals surface area contributed by atoms with Gasteiger partial charge in [-0.25, -0.2) is 13.4 Å². The van der Waals surface area contributed by atoms with E-state index in [9.17, 15) is 8.42 Å². The van der Waals surface area contributed by atoms with E-state index >= 15 is 0 Å². The van der Waals surface area contributed by atoms with E-state index in [0.29, 0.717) is 4.88 Å². The lowest BCUT2D eigenvalue weighted by molar-refractivity contribution is 0.601. The van der Waals surface area contributed by atoms with E-state index in [0.717, 1.165) is 17.6 Å². The van der Waals surface area contributed by atoms with E-state index in [4.69, 9.17) is 17.3 Å². The van der Waals surface area contributed by atoms with Crippen molar-refractivity contribution in [3.63, 3.8) is 0 Å². The van der Waals surface area contributed by atoms with E-state index in [1.54, 1.807) is 0 Å². The highest BCUT2D eigenvalue weighted by molar-refractivity contribution is 7.92. The molecule has 68 valence electrons. The van der Waals surface area contributed by atoms with Gasteiger partial charge in [-0.3, -0.25) is 0 Å². The van der Waals surface area contributed by atoms with Crippen LogP contribution in [0.5, 0.6) is 0 Å². The number of hydrogen-bond acceptors (Lipinski definition) is 5. The van der Waals surface area contributed by atoms with Crippen molar-refractivity contribution in [1.29, 1.82) is 0 Å². The Kier molecular flexibility index (Phi) is 2.72. The molecule has 7 heteroatoms. The first-order valence-electron chi connectivity index (χ1n) is 3.00. The van der Waals surface area contributed by atoms with Crippen molar-refractivity contribution < 1.29 is 8.42 Å². The van der Waals surface area contributed by atoms with Crippen molar-refractivity contribution in [1.82, 2.24) is 4.98 Å². The Bertz CT molecular complexity index is 384. The van der Waals surface area contributed by atoms with Crippen LogP contribution in [0.15, 0.2) is 4.34 Å². The second-order valence-electron chi connectivity index (χ2n) is 2.17. The van der Waals surface area contributed by atoms with Gasteiger partial charge in [0.05, 0.1) is 4.88 Å². The van der Waals surface area contributed by atoms with Crippen molar-refractivity contribution in [2.24, 2.45) is 5.73 Å². The molecule has 0 bridgehead atoms. The number of aromatic nitrogens is 1. The zero-order chi connectivity index (χ0) is 9.35. The summed E-state index contributed by atoms with van der Waals surface area (Å²) in [6, 6.07) is 0. The highest BCUT2D eigenvalue weighted by Gasteiger charge is 2.15. The quantitative estimate of drug-likeness (QED) is 0.804. The molecule has 1 rings (SSSR count). The summed E-state index contributed by atoms with van der Waals surface area (Å²) in [6.45, 7) is 0.214. The fraction of sp³-hybridized carbons (Fsp3) is 0.400. The van der Waals surface area contributed by atoms with Crippen molar-refractivity contribution in [3.8, 4) is 0 Å². The molecule has 0 amide bonds. The maximum absolute atomic E-state index is 11.0. The van der Waals surface area contributed by atoms with Gasteiger partial charge in [0.2, 0.25) is 14.2 Å². The molecular formula is C5H7ClN2O2S2. The average molecular weight is 227 g/mol. The second-order valence-corrected chi connectivity index (χ2v) is 5.80. The zero-order valence-electron chi connectivity index (χ0n) is 6.24. The summed E-state index contributed by atoms with van der Waals surface area (Å²) in [7, 11) is -3.25. The molecule has 0 aliphatic rings. The van der Waals surface area contributed by atoms with Crippen LogP contribution in [0, 0.1) is 0 Å². The monoisotopic (exact) mass is 226 g/mol. The number of sulfone groups is 1. The maximum Gasteiger partial charge on any atom is 0.210 e. The van der Waals surface area contributed by atoms with E-state index in [1.807, 2.05) is 0 Å². The molecule has 0 spiro atoms. The highest BCUT2D eigenvalue weighted by Crippen LogP contribution is 2.25. The lowest BCUT2D eigenvalue weighted by Crippen LogP contribution is -1.94. The molecular weight excluding hydrogens is 220 g/mol. The van der Waals surface area contributed by atoms with Crippen LogP contribution in [0.25, 0.3) is 0 Å². The zero-order valence-corrected chi connectivity index (χ0v) is 8.63. The van der Waals surface area contributed by atoms with Crippen LogP contribution in [0.4, 0.5) is 0 Å². The van der Waals surface area contributed by atoms with Crippen LogP contribution in [-0.4, -0.2) is 19.7 Å². The smallest absolute Gasteiger partial charge is 0.210 e. The van der Waals surface area contributed by atoms with Gasteiger partial charge < -0.3 is 5.73 Å². The lowest BCUT2D eigenvalue weighted by atomic mass is 10.6. The van der Waals surface area contributed by atoms with Gasteiger partial charge in [0.15, 0.2) is 0 Å². The molecule has 0 fully saturated rings. The van der Waals surface area contributed by atoms with Crippen LogP contribution < -0.4 is 5.73 Å². The lowest BCUT2D eigenvalue weighted by Gasteiger charge is -1.86. The fourth-order valence-electron chi connectivity index (χ4n) is 0.597. The number of hydrogen-bond donors (Lipinski definition) is 1. The van der Waals surface area contributed by atoms with Gasteiger partial charge in [0.25, 0.3) is 0 Å². The minimum absolute atomic E-state index is 0.0213. The van der Waals surface area contributed by atoms with Gasteiger partial charge in [-0.2, -0.15) is 0 Å². The van der Waals surface area contributed by atoms with Gasteiger partial charge in [0, 0.05) is 12.8 Å². The maximum atomic E-state index is 11.0. The number of nitrogens with zero attached hydrogens (tertiary/aromatic N) is 1. The number of thiazole rings is 1. The van der Waals surface area contributed by atoms with Gasteiger partial charge in [-0.05, 0) is 0 Å². The second kappa shape index (κ2) is 3.29. The summed E-state index contributed by atoms with van der Waals surface area (Å²) in [6.07, 6.45) is 1.09. The predicted octanol–water partition coefficient (Wildman–Crippen LogP) is 0.659. The van der Waals surface area contributed by atoms with Crippen LogP contribution in [0.1, 0.15) is 4.88 Å². The van der Waals surface area contributed by atoms with E-state index in [2.05, 4.69) is 4.98 Å². The minimum Gasteiger partial charge on any atom is -0.326 e. The van der Waals surface area contributed by atoms with Gasteiger partial charge >= 0.3 is 0 Å². The molecule has 1 heterocycles. The molecule has 0 aliphatic heterocycles. The fourth-order valence-corrected chi connectivity index (χ4v) is 2.70. The van der Waals surface area contributed by atoms with Crippen molar-refractivity contribution in [3.05, 3.63) is 10.0 Å². The predicted molar refractivity (Wildman–Crippen MR) is 48.1 cm³/mol. The summed E-state index contributed by atoms with van der Waals surface area (Å²) < 4.78 is 21.9. The first-order valence-corrected chi connectivity index (χ1v) is 6.09. The number of nitrogens with two attached hydrogens (primary N) is 1. The standard InChI is InChI=1S/C5H7ClN2O2S2/c1-12(9,10)5-8-4(6)3(2-7)11-5/h2,7H2,1H3. The normalized spacial score (nSPS) is 11.9. The third-order valence-electron chi connectivity index (χ3n) is 1.13. The summed E-state index contributed by atoms with van der Waals surface area (Å²) >= 11 is 6.62. The third kappa shape index (κ3) is 1.95. The Morgan fingerprint density at radius 2 is 2.25 bits per heavy atom. The van der Waals surface area contributed by atoms with Crippen molar-refractivity contribution >= 4 is 32.8 Å². The van der Waals surface area contributed by atoms with Crippen LogP contribution in [0.3, 0.4) is 0 Å². The minimum atomic E-state index is -3.25. The summed E-state index contributed by atoms with van der Waals surface area (Å²) in [5.41, 5.74) is 5.30. The first kappa shape index (κ1) is 9.91. The summed E-state index contributed by atoms with van der Waals surface area (Å²) in [5.74, 6) is 0. The van der Waals surface area contributed by atoms with Crippen LogP contribution in [-0.2, 0) is 16.4 Å². The van der Waals surface area contributed by atoms with Crippen LogP contribution >= 0.6 is 22.9 Å². The molecule has 0 aromatic carbocycles. The van der Waals surface area contributed by atoms with E-state index in [1.165, 1.54) is 0 Å². The Hall–Kier alpha value is -0.170. The first-order chi connectivity index (χ1) is 5.45. The SMILES string of the molecule is CS(=O)(=O)c1nc(Cl)c(CN)s1. The topological polar surface area (TPSA) is 73.0 Å². The molecule has 0 aliphatic carbocycles. The molecule has 0 unspecified atom stereocenters. The summed E-state index contributed by atoms with van der Waals surface area (Å²) in [5, 5.41) is 0.183. The summed E-state index contributed by atoms with van der Waals surface area (Å²) in [4.78, 5) is 4.26. The highest BCUT2D eigenvalue weighted by atomic mass is 35.5. The van der Waals surface area contributed by atoms with E-state index in [-0.39, 0.29) is 16.0 Å². The molecule has 12 heavy (non-hydrogen) atoms. The molecule has 2 N–H and O–H groups in total. The molecule has 1 aromatic heterocycles. The Balaban J connectivity index is 3.23. The van der Waals surface area contributed by atoms with Gasteiger partial charge in [-0.15, -0.1) is 11.3 Å². The molecule has 0 saturated carbocycles. The van der Waals surface area contributed by atoms with Gasteiger partial charge in [0.1, 0.15) is 5.15 Å². The molecule has 4 nitrogen and oxygen atoms in total. The largest absolute Gasteiger partial charge is 0.326 e.